The summed E-state index contributed by atoms with van der Waals surface area (Å²) in [6.07, 6.45) is 0.473. The molecule has 98 valence electrons. The van der Waals surface area contributed by atoms with Gasteiger partial charge in [-0.1, -0.05) is 19.1 Å². The van der Waals surface area contributed by atoms with E-state index in [0.717, 1.165) is 25.4 Å². The predicted molar refractivity (Wildman–Crippen MR) is 73.7 cm³/mol. The number of benzene rings is 1. The Morgan fingerprint density at radius 3 is 3.11 bits per heavy atom. The van der Waals surface area contributed by atoms with Gasteiger partial charge in [0, 0.05) is 42.6 Å². The minimum absolute atomic E-state index is 0.0281. The van der Waals surface area contributed by atoms with E-state index in [0.29, 0.717) is 17.2 Å². The van der Waals surface area contributed by atoms with Gasteiger partial charge in [0.2, 0.25) is 0 Å². The molecular weight excluding hydrogens is 249 g/mol. The fourth-order valence-corrected chi connectivity index (χ4v) is 3.24. The zero-order valence-electron chi connectivity index (χ0n) is 10.6. The summed E-state index contributed by atoms with van der Waals surface area (Å²) in [7, 11) is 0. The van der Waals surface area contributed by atoms with Crippen LogP contribution in [0, 0.1) is 5.82 Å². The van der Waals surface area contributed by atoms with Crippen LogP contribution in [0.3, 0.4) is 0 Å². The molecular formula is C14H18FNOS. The van der Waals surface area contributed by atoms with Gasteiger partial charge in [-0.3, -0.25) is 4.79 Å². The van der Waals surface area contributed by atoms with Gasteiger partial charge >= 0.3 is 0 Å². The van der Waals surface area contributed by atoms with Crippen molar-refractivity contribution in [3.63, 3.8) is 0 Å². The van der Waals surface area contributed by atoms with E-state index in [1.165, 1.54) is 12.1 Å². The summed E-state index contributed by atoms with van der Waals surface area (Å²) in [4.78, 5) is 14.2. The number of halogens is 1. The molecule has 0 aromatic heterocycles. The van der Waals surface area contributed by atoms with Crippen LogP contribution >= 0.6 is 11.8 Å². The maximum Gasteiger partial charge on any atom is 0.164 e. The predicted octanol–water partition coefficient (Wildman–Crippen LogP) is 2.84. The minimum atomic E-state index is -0.344. The number of Topliss-reactive ketones (excluding diaryl/α,β-unsaturated/α-hetero) is 1. The standard InChI is InChI=1S/C14H18FNOS/c1-11-10-16(7-8-18-11)6-5-14(17)12-3-2-4-13(15)9-12/h2-4,9,11H,5-8,10H2,1H3. The van der Waals surface area contributed by atoms with Crippen molar-refractivity contribution in [2.45, 2.75) is 18.6 Å². The van der Waals surface area contributed by atoms with E-state index in [-0.39, 0.29) is 11.6 Å². The molecule has 1 unspecified atom stereocenters. The van der Waals surface area contributed by atoms with Gasteiger partial charge < -0.3 is 4.90 Å². The van der Waals surface area contributed by atoms with Crippen LogP contribution < -0.4 is 0 Å². The van der Waals surface area contributed by atoms with Gasteiger partial charge in [0.05, 0.1) is 0 Å². The third kappa shape index (κ3) is 3.82. The van der Waals surface area contributed by atoms with E-state index < -0.39 is 0 Å². The molecule has 0 N–H and O–H groups in total. The van der Waals surface area contributed by atoms with Crippen LogP contribution in [0.25, 0.3) is 0 Å². The summed E-state index contributed by atoms with van der Waals surface area (Å²) >= 11 is 1.98. The van der Waals surface area contributed by atoms with Crippen molar-refractivity contribution in [3.05, 3.63) is 35.6 Å². The molecule has 0 aliphatic carbocycles. The zero-order valence-corrected chi connectivity index (χ0v) is 11.4. The van der Waals surface area contributed by atoms with Crippen LogP contribution in [0.1, 0.15) is 23.7 Å². The molecule has 1 aliphatic heterocycles. The molecule has 1 fully saturated rings. The first-order valence-electron chi connectivity index (χ1n) is 6.28. The second-order valence-corrected chi connectivity index (χ2v) is 6.21. The molecule has 0 radical (unpaired) electrons. The summed E-state index contributed by atoms with van der Waals surface area (Å²) in [6.45, 7) is 5.08. The van der Waals surface area contributed by atoms with E-state index in [4.69, 9.17) is 0 Å². The Labute approximate surface area is 112 Å². The maximum absolute atomic E-state index is 13.0. The lowest BCUT2D eigenvalue weighted by molar-refractivity contribution is 0.0964. The van der Waals surface area contributed by atoms with Gasteiger partial charge in [0.15, 0.2) is 5.78 Å². The molecule has 1 aliphatic rings. The summed E-state index contributed by atoms with van der Waals surface area (Å²) in [5, 5.41) is 0.642. The Bertz CT molecular complexity index is 424. The lowest BCUT2D eigenvalue weighted by Gasteiger charge is -2.30. The van der Waals surface area contributed by atoms with Gasteiger partial charge in [-0.15, -0.1) is 0 Å². The first-order valence-corrected chi connectivity index (χ1v) is 7.33. The third-order valence-electron chi connectivity index (χ3n) is 3.13. The minimum Gasteiger partial charge on any atom is -0.301 e. The van der Waals surface area contributed by atoms with Crippen LogP contribution in [0.4, 0.5) is 4.39 Å². The quantitative estimate of drug-likeness (QED) is 0.782. The van der Waals surface area contributed by atoms with Crippen LogP contribution in [0.15, 0.2) is 24.3 Å². The molecule has 1 heterocycles. The number of ketones is 1. The van der Waals surface area contributed by atoms with E-state index in [1.54, 1.807) is 12.1 Å². The molecule has 4 heteroatoms. The molecule has 1 aromatic carbocycles. The number of rotatable bonds is 4. The Morgan fingerprint density at radius 1 is 1.56 bits per heavy atom. The first-order chi connectivity index (χ1) is 8.65. The van der Waals surface area contributed by atoms with Gasteiger partial charge in [0.25, 0.3) is 0 Å². The van der Waals surface area contributed by atoms with Crippen molar-refractivity contribution in [2.24, 2.45) is 0 Å². The Kier molecular flexibility index (Phi) is 4.78. The lowest BCUT2D eigenvalue weighted by Crippen LogP contribution is -2.37. The van der Waals surface area contributed by atoms with Gasteiger partial charge in [-0.2, -0.15) is 11.8 Å². The molecule has 0 spiro atoms. The number of nitrogens with zero attached hydrogens (tertiary/aromatic N) is 1. The zero-order chi connectivity index (χ0) is 13.0. The van der Waals surface area contributed by atoms with Crippen LogP contribution in [-0.4, -0.2) is 41.3 Å². The largest absolute Gasteiger partial charge is 0.301 e. The second-order valence-electron chi connectivity index (χ2n) is 4.67. The molecule has 2 nitrogen and oxygen atoms in total. The molecule has 0 saturated carbocycles. The molecule has 0 amide bonds. The topological polar surface area (TPSA) is 20.3 Å². The smallest absolute Gasteiger partial charge is 0.164 e. The van der Waals surface area contributed by atoms with E-state index in [1.807, 2.05) is 11.8 Å². The third-order valence-corrected chi connectivity index (χ3v) is 4.26. The highest BCUT2D eigenvalue weighted by atomic mass is 32.2. The van der Waals surface area contributed by atoms with Crippen molar-refractivity contribution >= 4 is 17.5 Å². The van der Waals surface area contributed by atoms with Crippen LogP contribution in [0.5, 0.6) is 0 Å². The van der Waals surface area contributed by atoms with Crippen molar-refractivity contribution in [1.82, 2.24) is 4.90 Å². The van der Waals surface area contributed by atoms with Gasteiger partial charge in [-0.05, 0) is 12.1 Å². The highest BCUT2D eigenvalue weighted by Gasteiger charge is 2.17. The average molecular weight is 267 g/mol. The summed E-state index contributed by atoms with van der Waals surface area (Å²) < 4.78 is 13.0. The molecule has 1 aromatic rings. The lowest BCUT2D eigenvalue weighted by atomic mass is 10.1. The highest BCUT2D eigenvalue weighted by molar-refractivity contribution is 7.99. The monoisotopic (exact) mass is 267 g/mol. The normalized spacial score (nSPS) is 20.9. The average Bonchev–Trinajstić information content (AvgIpc) is 2.36. The number of hydrogen-bond donors (Lipinski definition) is 0. The summed E-state index contributed by atoms with van der Waals surface area (Å²) in [6, 6.07) is 5.94. The maximum atomic E-state index is 13.0. The van der Waals surface area contributed by atoms with E-state index in [9.17, 15) is 9.18 Å². The molecule has 0 bridgehead atoms. The number of carbonyl (C=O) groups excluding carboxylic acids is 1. The van der Waals surface area contributed by atoms with Gasteiger partial charge in [0.1, 0.15) is 5.82 Å². The summed E-state index contributed by atoms with van der Waals surface area (Å²) in [5.41, 5.74) is 0.481. The van der Waals surface area contributed by atoms with Crippen molar-refractivity contribution in [1.29, 1.82) is 0 Å². The van der Waals surface area contributed by atoms with Crippen LogP contribution in [0.2, 0.25) is 0 Å². The number of carbonyl (C=O) groups is 1. The second kappa shape index (κ2) is 6.34. The van der Waals surface area contributed by atoms with E-state index in [2.05, 4.69) is 11.8 Å². The van der Waals surface area contributed by atoms with Crippen molar-refractivity contribution in [3.8, 4) is 0 Å². The Hall–Kier alpha value is -0.870. The number of thioether (sulfide) groups is 1. The van der Waals surface area contributed by atoms with Crippen molar-refractivity contribution in [2.75, 3.05) is 25.4 Å². The van der Waals surface area contributed by atoms with Gasteiger partial charge in [-0.25, -0.2) is 4.39 Å². The SMILES string of the molecule is CC1CN(CCC(=O)c2cccc(F)c2)CCS1. The number of hydrogen-bond acceptors (Lipinski definition) is 3. The molecule has 1 saturated heterocycles. The van der Waals surface area contributed by atoms with Crippen molar-refractivity contribution < 1.29 is 9.18 Å². The van der Waals surface area contributed by atoms with E-state index >= 15 is 0 Å². The Morgan fingerprint density at radius 2 is 2.39 bits per heavy atom. The highest BCUT2D eigenvalue weighted by Crippen LogP contribution is 2.18. The first kappa shape index (κ1) is 13.6. The summed E-state index contributed by atoms with van der Waals surface area (Å²) in [5.74, 6) is 0.819. The molecule has 1 atom stereocenters. The molecule has 18 heavy (non-hydrogen) atoms. The fraction of sp³-hybridized carbons (Fsp3) is 0.500. The van der Waals surface area contributed by atoms with Crippen LogP contribution in [-0.2, 0) is 0 Å². The molecule has 2 rings (SSSR count). The fourth-order valence-electron chi connectivity index (χ4n) is 2.16. The Balaban J connectivity index is 1.84.